The van der Waals surface area contributed by atoms with E-state index in [2.05, 4.69) is 103 Å². The van der Waals surface area contributed by atoms with E-state index in [4.69, 9.17) is 0 Å². The summed E-state index contributed by atoms with van der Waals surface area (Å²) >= 11 is -5.67. The molecule has 0 bridgehead atoms. The van der Waals surface area contributed by atoms with Crippen molar-refractivity contribution in [3.8, 4) is 0 Å². The molecule has 0 saturated carbocycles. The molecule has 0 spiro atoms. The Morgan fingerprint density at radius 2 is 1.40 bits per heavy atom. The van der Waals surface area contributed by atoms with Gasteiger partial charge < -0.3 is 0 Å². The summed E-state index contributed by atoms with van der Waals surface area (Å²) in [5.41, 5.74) is -0.0290. The van der Waals surface area contributed by atoms with Crippen LogP contribution in [0.2, 0.25) is 23.4 Å². The van der Waals surface area contributed by atoms with E-state index in [1.54, 1.807) is 0 Å². The van der Waals surface area contributed by atoms with Crippen LogP contribution in [0.1, 0.15) is 27.2 Å². The molecule has 0 unspecified atom stereocenters. The Morgan fingerprint density at radius 3 is 1.76 bits per heavy atom. The summed E-state index contributed by atoms with van der Waals surface area (Å²) in [6.45, 7) is 9.13. The second kappa shape index (κ2) is 3.89. The molecule has 0 aliphatic heterocycles. The van der Waals surface area contributed by atoms with E-state index >= 15 is 0 Å². The first-order valence-electron chi connectivity index (χ1n) is 8.98. The predicted molar refractivity (Wildman–Crippen MR) is 123 cm³/mol. The number of halogens is 2. The van der Waals surface area contributed by atoms with Crippen molar-refractivity contribution < 1.29 is 11.5 Å². The molecule has 1 nitrogen and oxygen atoms in total. The third-order valence-corrected chi connectivity index (χ3v) is 56.0. The molecule has 5 heteroatoms. The third-order valence-electron chi connectivity index (χ3n) is 6.85. The SMILES string of the molecule is CC(C)(C)[NH][Hf]([CH3])([CH3])([CH3])([CH3])([CH3])(=[SiH2])([C]1=CC=CC1)[c]1ccccc1.Cl.Cl. The zero-order valence-electron chi connectivity index (χ0n) is 17.3. The van der Waals surface area contributed by atoms with Crippen molar-refractivity contribution in [3.63, 3.8) is 0 Å². The number of rotatable bonds is 3. The molecule has 0 saturated heterocycles. The largest absolute Gasteiger partial charge is 0.147 e. The summed E-state index contributed by atoms with van der Waals surface area (Å²) < 4.78 is 20.2. The summed E-state index contributed by atoms with van der Waals surface area (Å²) in [6, 6.07) is 11.2. The van der Waals surface area contributed by atoms with Crippen molar-refractivity contribution >= 4 is 35.1 Å². The minimum atomic E-state index is -5.67. The Morgan fingerprint density at radius 1 is 0.920 bits per heavy atom. The maximum atomic E-state index is 4.35. The van der Waals surface area contributed by atoms with Gasteiger partial charge >= 0.3 is 133 Å². The van der Waals surface area contributed by atoms with Crippen LogP contribution < -0.4 is 6.62 Å². The molecule has 1 aliphatic carbocycles. The molecular weight excluding hydrogens is 532 g/mol. The molecule has 0 atom stereocenters. The van der Waals surface area contributed by atoms with Gasteiger partial charge in [0.25, 0.3) is 0 Å². The quantitative estimate of drug-likeness (QED) is 0.445. The van der Waals surface area contributed by atoms with E-state index in [1.807, 2.05) is 0 Å². The average molecular weight is 571 g/mol. The van der Waals surface area contributed by atoms with Crippen LogP contribution in [0.15, 0.2) is 51.9 Å². The second-order valence-corrected chi connectivity index (χ2v) is 141. The van der Waals surface area contributed by atoms with E-state index in [0.717, 1.165) is 6.42 Å². The first kappa shape index (κ1) is 25.3. The van der Waals surface area contributed by atoms with Gasteiger partial charge in [0, 0.05) is 0 Å². The fourth-order valence-corrected chi connectivity index (χ4v) is 53.4. The summed E-state index contributed by atoms with van der Waals surface area (Å²) in [5, 5.41) is 0. The first-order chi connectivity index (χ1) is 9.61. The van der Waals surface area contributed by atoms with Gasteiger partial charge in [0.1, 0.15) is 0 Å². The standard InChI is InChI=1S/C6H5.C5H5.C4H10N.5CH3.2ClH.Hf.H2Si/c1-2-4-6-5-3-1;1-2-4-5-3-1;1-4(2,3)5;;;;;;;;;/h1-5H;1-3H,4H2;5H,1-3H3;5*1H3;2*1H;;1H2/q;;-1;;;;;;;;+1;. The fourth-order valence-electron chi connectivity index (χ4n) is 6.10. The molecule has 146 valence electrons. The van der Waals surface area contributed by atoms with Crippen LogP contribution in [-0.2, 0) is 11.5 Å². The minimum absolute atomic E-state index is 0. The molecule has 0 amide bonds. The predicted octanol–water partition coefficient (Wildman–Crippen LogP) is 5.92. The maximum absolute atomic E-state index is 5.67. The summed E-state index contributed by atoms with van der Waals surface area (Å²) in [7, 11) is 0. The monoisotopic (exact) mass is 571 g/mol. The molecule has 0 heterocycles. The topological polar surface area (TPSA) is 12.0 Å². The Labute approximate surface area is 157 Å². The van der Waals surface area contributed by atoms with Crippen LogP contribution in [-0.4, -0.2) is 12.5 Å². The van der Waals surface area contributed by atoms with Crippen LogP contribution in [0.25, 0.3) is 0 Å². The van der Waals surface area contributed by atoms with Crippen molar-refractivity contribution in [2.75, 3.05) is 0 Å². The van der Waals surface area contributed by atoms with Gasteiger partial charge in [-0.15, -0.1) is 24.8 Å². The zero-order chi connectivity index (χ0) is 18.1. The molecular formula is C20H39Cl2HfNSi. The third kappa shape index (κ3) is 3.56. The number of hydrogen-bond donors (Lipinski definition) is 1. The van der Waals surface area contributed by atoms with Crippen molar-refractivity contribution in [1.29, 1.82) is 0 Å². The van der Waals surface area contributed by atoms with Gasteiger partial charge in [-0.1, -0.05) is 0 Å². The van der Waals surface area contributed by atoms with Gasteiger partial charge in [-0.2, -0.15) is 0 Å². The molecule has 1 aromatic rings. The van der Waals surface area contributed by atoms with Crippen molar-refractivity contribution in [3.05, 3.63) is 51.9 Å². The Hall–Kier alpha value is 0.327. The molecule has 1 N–H and O–H groups in total. The molecule has 0 aromatic heterocycles. The molecule has 0 fully saturated rings. The molecule has 25 heavy (non-hydrogen) atoms. The number of nitrogens with one attached hydrogen (secondary N) is 1. The van der Waals surface area contributed by atoms with Crippen molar-refractivity contribution in [2.45, 2.75) is 56.1 Å². The molecule has 2 rings (SSSR count). The van der Waals surface area contributed by atoms with Crippen LogP contribution >= 0.6 is 24.8 Å². The van der Waals surface area contributed by atoms with Gasteiger partial charge in [-0.05, 0) is 0 Å². The number of allylic oxidation sites excluding steroid dienone is 4. The zero-order valence-corrected chi connectivity index (χ0v) is 24.0. The number of benzene rings is 1. The first-order valence-corrected chi connectivity index (χ1v) is 40.7. The molecule has 1 aliphatic rings. The smallest absolute Gasteiger partial charge is 0.147 e. The van der Waals surface area contributed by atoms with Gasteiger partial charge in [0.2, 0.25) is 0 Å². The van der Waals surface area contributed by atoms with Crippen LogP contribution in [0.3, 0.4) is 0 Å². The van der Waals surface area contributed by atoms with E-state index in [1.165, 1.54) is 6.65 Å². The second-order valence-electron chi connectivity index (χ2n) is 16.5. The normalized spacial score (nSPS) is 23.0. The number of hydrogen-bond acceptors (Lipinski definition) is 1. The van der Waals surface area contributed by atoms with Gasteiger partial charge in [-0.3, -0.25) is 0 Å². The molecule has 0 radical (unpaired) electrons. The Balaban J connectivity index is 0.00000288. The average Bonchev–Trinajstić information content (AvgIpc) is 2.80. The molecule has 1 aromatic carbocycles. The summed E-state index contributed by atoms with van der Waals surface area (Å²) in [4.78, 5) is 0. The van der Waals surface area contributed by atoms with Crippen LogP contribution in [0, 0.1) is 0 Å². The summed E-state index contributed by atoms with van der Waals surface area (Å²) in [5.74, 6) is 0. The van der Waals surface area contributed by atoms with E-state index < -0.39 is 11.5 Å². The van der Waals surface area contributed by atoms with E-state index in [0.29, 0.717) is 0 Å². The Bertz CT molecular complexity index is 958. The fraction of sp³-hybridized carbons (Fsp3) is 0.500. The van der Waals surface area contributed by atoms with Crippen molar-refractivity contribution in [2.24, 2.45) is 0 Å². The Kier molecular flexibility index (Phi) is 3.94. The minimum Gasteiger partial charge on any atom is -0.147 e. The van der Waals surface area contributed by atoms with E-state index in [-0.39, 0.29) is 30.4 Å². The van der Waals surface area contributed by atoms with Crippen LogP contribution in [0.4, 0.5) is 0 Å². The van der Waals surface area contributed by atoms with Gasteiger partial charge in [-0.25, -0.2) is 0 Å². The van der Waals surface area contributed by atoms with Crippen molar-refractivity contribution in [1.82, 2.24) is 3.30 Å². The van der Waals surface area contributed by atoms with Gasteiger partial charge in [0.15, 0.2) is 0 Å². The van der Waals surface area contributed by atoms with Crippen LogP contribution in [0.5, 0.6) is 0 Å². The van der Waals surface area contributed by atoms with Gasteiger partial charge in [0.05, 0.1) is 0 Å². The maximum Gasteiger partial charge on any atom is -0.147 e. The van der Waals surface area contributed by atoms with E-state index in [9.17, 15) is 0 Å². The summed E-state index contributed by atoms with van der Waals surface area (Å²) in [6.07, 6.45) is 7.90.